The molecular formula is C17H15N3O2. The zero-order valence-corrected chi connectivity index (χ0v) is 12.0. The smallest absolute Gasteiger partial charge is 0.269 e. The Morgan fingerprint density at radius 2 is 1.86 bits per heavy atom. The van der Waals surface area contributed by atoms with E-state index in [9.17, 15) is 4.79 Å². The van der Waals surface area contributed by atoms with E-state index in [4.69, 9.17) is 10.5 Å². The molecule has 1 amide bonds. The van der Waals surface area contributed by atoms with E-state index in [-0.39, 0.29) is 5.91 Å². The molecule has 2 aromatic carbocycles. The molecule has 1 heterocycles. The van der Waals surface area contributed by atoms with Crippen molar-refractivity contribution in [2.24, 2.45) is 0 Å². The highest BCUT2D eigenvalue weighted by Gasteiger charge is 2.12. The third kappa shape index (κ3) is 2.69. The van der Waals surface area contributed by atoms with Crippen LogP contribution in [0.15, 0.2) is 54.6 Å². The number of carbonyl (C=O) groups excluding carboxylic acids is 1. The number of para-hydroxylation sites is 1. The van der Waals surface area contributed by atoms with E-state index >= 15 is 0 Å². The Morgan fingerprint density at radius 1 is 1.14 bits per heavy atom. The molecule has 0 saturated carbocycles. The number of aromatic nitrogens is 1. The summed E-state index contributed by atoms with van der Waals surface area (Å²) in [6, 6.07) is 16.2. The molecule has 1 aromatic heterocycles. The first-order valence-electron chi connectivity index (χ1n) is 6.82. The lowest BCUT2D eigenvalue weighted by Crippen LogP contribution is -2.19. The maximum Gasteiger partial charge on any atom is 0.269 e. The molecule has 0 bridgehead atoms. The van der Waals surface area contributed by atoms with Gasteiger partial charge in [0.1, 0.15) is 17.2 Å². The standard InChI is InChI=1S/C17H15N3O2/c1-19-17(21)15-10-16(13-4-2-3-5-14(13)20-15)22-12-8-6-11(18)7-9-12/h2-10H,18H2,1H3,(H,19,21). The predicted octanol–water partition coefficient (Wildman–Crippen LogP) is 2.97. The fourth-order valence-electron chi connectivity index (χ4n) is 2.14. The normalized spacial score (nSPS) is 10.4. The van der Waals surface area contributed by atoms with Crippen molar-refractivity contribution in [2.45, 2.75) is 0 Å². The highest BCUT2D eigenvalue weighted by molar-refractivity contribution is 5.96. The minimum atomic E-state index is -0.257. The van der Waals surface area contributed by atoms with E-state index in [0.717, 1.165) is 5.39 Å². The van der Waals surface area contributed by atoms with Gasteiger partial charge in [-0.15, -0.1) is 0 Å². The van der Waals surface area contributed by atoms with Crippen molar-refractivity contribution >= 4 is 22.5 Å². The number of nitrogens with two attached hydrogens (primary N) is 1. The number of anilines is 1. The lowest BCUT2D eigenvalue weighted by molar-refractivity contribution is 0.0958. The third-order valence-electron chi connectivity index (χ3n) is 3.25. The average Bonchev–Trinajstić information content (AvgIpc) is 2.56. The maximum atomic E-state index is 11.9. The second-order valence-corrected chi connectivity index (χ2v) is 4.77. The number of amides is 1. The van der Waals surface area contributed by atoms with Crippen LogP contribution < -0.4 is 15.8 Å². The summed E-state index contributed by atoms with van der Waals surface area (Å²) in [5.41, 5.74) is 7.35. The minimum Gasteiger partial charge on any atom is -0.457 e. The van der Waals surface area contributed by atoms with Crippen LogP contribution in [-0.2, 0) is 0 Å². The van der Waals surface area contributed by atoms with Crippen molar-refractivity contribution in [3.63, 3.8) is 0 Å². The molecule has 0 unspecified atom stereocenters. The highest BCUT2D eigenvalue weighted by Crippen LogP contribution is 2.30. The van der Waals surface area contributed by atoms with E-state index in [0.29, 0.717) is 28.4 Å². The highest BCUT2D eigenvalue weighted by atomic mass is 16.5. The number of benzene rings is 2. The van der Waals surface area contributed by atoms with Crippen molar-refractivity contribution in [3.8, 4) is 11.5 Å². The molecule has 0 aliphatic rings. The molecule has 3 aromatic rings. The number of pyridine rings is 1. The van der Waals surface area contributed by atoms with E-state index in [1.165, 1.54) is 0 Å². The summed E-state index contributed by atoms with van der Waals surface area (Å²) in [5.74, 6) is 0.968. The first-order chi connectivity index (χ1) is 10.7. The van der Waals surface area contributed by atoms with Crippen molar-refractivity contribution in [1.82, 2.24) is 10.3 Å². The summed E-state index contributed by atoms with van der Waals surface area (Å²) in [7, 11) is 1.57. The van der Waals surface area contributed by atoms with Crippen LogP contribution in [0.3, 0.4) is 0 Å². The molecular weight excluding hydrogens is 278 g/mol. The van der Waals surface area contributed by atoms with Crippen molar-refractivity contribution < 1.29 is 9.53 Å². The SMILES string of the molecule is CNC(=O)c1cc(Oc2ccc(N)cc2)c2ccccc2n1. The monoisotopic (exact) mass is 293 g/mol. The van der Waals surface area contributed by atoms with Crippen LogP contribution in [0.4, 0.5) is 5.69 Å². The first-order valence-corrected chi connectivity index (χ1v) is 6.82. The number of rotatable bonds is 3. The molecule has 0 aliphatic carbocycles. The van der Waals surface area contributed by atoms with E-state index in [1.807, 2.05) is 24.3 Å². The van der Waals surface area contributed by atoms with Gasteiger partial charge in [-0.3, -0.25) is 4.79 Å². The molecule has 22 heavy (non-hydrogen) atoms. The van der Waals surface area contributed by atoms with Gasteiger partial charge in [-0.25, -0.2) is 4.98 Å². The van der Waals surface area contributed by atoms with E-state index < -0.39 is 0 Å². The van der Waals surface area contributed by atoms with Crippen LogP contribution >= 0.6 is 0 Å². The summed E-state index contributed by atoms with van der Waals surface area (Å²) < 4.78 is 5.91. The van der Waals surface area contributed by atoms with Gasteiger partial charge in [0, 0.05) is 24.2 Å². The molecule has 0 atom stereocenters. The summed E-state index contributed by atoms with van der Waals surface area (Å²) in [5, 5.41) is 3.41. The number of carbonyl (C=O) groups is 1. The number of nitrogen functional groups attached to an aromatic ring is 1. The Bertz CT molecular complexity index is 829. The number of nitrogens with one attached hydrogen (secondary N) is 1. The van der Waals surface area contributed by atoms with Gasteiger partial charge in [0.25, 0.3) is 5.91 Å². The molecule has 110 valence electrons. The molecule has 5 nitrogen and oxygen atoms in total. The fraction of sp³-hybridized carbons (Fsp3) is 0.0588. The molecule has 0 spiro atoms. The predicted molar refractivity (Wildman–Crippen MR) is 86.1 cm³/mol. The van der Waals surface area contributed by atoms with Crippen LogP contribution in [0.25, 0.3) is 10.9 Å². The largest absolute Gasteiger partial charge is 0.457 e. The summed E-state index contributed by atoms with van der Waals surface area (Å²) in [6.07, 6.45) is 0. The number of fused-ring (bicyclic) bond motifs is 1. The first kappa shape index (κ1) is 13.9. The molecule has 5 heteroatoms. The van der Waals surface area contributed by atoms with Gasteiger partial charge >= 0.3 is 0 Å². The van der Waals surface area contributed by atoms with Gasteiger partial charge in [0.05, 0.1) is 5.52 Å². The van der Waals surface area contributed by atoms with E-state index in [1.54, 1.807) is 37.4 Å². The Hall–Kier alpha value is -3.08. The number of hydrogen-bond donors (Lipinski definition) is 2. The van der Waals surface area contributed by atoms with Crippen LogP contribution in [-0.4, -0.2) is 17.9 Å². The summed E-state index contributed by atoms with van der Waals surface area (Å²) >= 11 is 0. The van der Waals surface area contributed by atoms with Gasteiger partial charge < -0.3 is 15.8 Å². The lowest BCUT2D eigenvalue weighted by atomic mass is 10.1. The number of hydrogen-bond acceptors (Lipinski definition) is 4. The van der Waals surface area contributed by atoms with Gasteiger partial charge in [0.2, 0.25) is 0 Å². The van der Waals surface area contributed by atoms with Gasteiger partial charge in [-0.05, 0) is 36.4 Å². The second kappa shape index (κ2) is 5.73. The topological polar surface area (TPSA) is 77.2 Å². The van der Waals surface area contributed by atoms with Crippen LogP contribution in [0.5, 0.6) is 11.5 Å². The quantitative estimate of drug-likeness (QED) is 0.728. The van der Waals surface area contributed by atoms with Crippen molar-refractivity contribution in [3.05, 3.63) is 60.3 Å². The molecule has 0 fully saturated rings. The third-order valence-corrected chi connectivity index (χ3v) is 3.25. The zero-order valence-electron chi connectivity index (χ0n) is 12.0. The van der Waals surface area contributed by atoms with E-state index in [2.05, 4.69) is 10.3 Å². The zero-order chi connectivity index (χ0) is 15.5. The Balaban J connectivity index is 2.09. The number of ether oxygens (including phenoxy) is 1. The van der Waals surface area contributed by atoms with Gasteiger partial charge in [0.15, 0.2) is 0 Å². The van der Waals surface area contributed by atoms with Crippen molar-refractivity contribution in [2.75, 3.05) is 12.8 Å². The van der Waals surface area contributed by atoms with Crippen LogP contribution in [0, 0.1) is 0 Å². The number of nitrogens with zero attached hydrogens (tertiary/aromatic N) is 1. The molecule has 3 N–H and O–H groups in total. The van der Waals surface area contributed by atoms with Crippen LogP contribution in [0.1, 0.15) is 10.5 Å². The Labute approximate surface area is 127 Å². The minimum absolute atomic E-state index is 0.257. The summed E-state index contributed by atoms with van der Waals surface area (Å²) in [4.78, 5) is 16.2. The van der Waals surface area contributed by atoms with Crippen molar-refractivity contribution in [1.29, 1.82) is 0 Å². The average molecular weight is 293 g/mol. The molecule has 0 saturated heterocycles. The second-order valence-electron chi connectivity index (χ2n) is 4.77. The Kier molecular flexibility index (Phi) is 3.62. The maximum absolute atomic E-state index is 11.9. The molecule has 3 rings (SSSR count). The van der Waals surface area contributed by atoms with Gasteiger partial charge in [-0.2, -0.15) is 0 Å². The molecule has 0 aliphatic heterocycles. The Morgan fingerprint density at radius 3 is 2.59 bits per heavy atom. The molecule has 0 radical (unpaired) electrons. The van der Waals surface area contributed by atoms with Gasteiger partial charge in [-0.1, -0.05) is 12.1 Å². The summed E-state index contributed by atoms with van der Waals surface area (Å²) in [6.45, 7) is 0. The van der Waals surface area contributed by atoms with Crippen LogP contribution in [0.2, 0.25) is 0 Å². The fourth-order valence-corrected chi connectivity index (χ4v) is 2.14. The lowest BCUT2D eigenvalue weighted by Gasteiger charge is -2.11.